The van der Waals surface area contributed by atoms with E-state index in [1.54, 1.807) is 0 Å². The Morgan fingerprint density at radius 2 is 1.81 bits per heavy atom. The molecule has 0 N–H and O–H groups in total. The summed E-state index contributed by atoms with van der Waals surface area (Å²) in [6.45, 7) is 2.09. The van der Waals surface area contributed by atoms with Gasteiger partial charge in [0.1, 0.15) is 0 Å². The molecule has 79 valence electrons. The van der Waals surface area contributed by atoms with E-state index in [4.69, 9.17) is 0 Å². The van der Waals surface area contributed by atoms with Gasteiger partial charge in [-0.3, -0.25) is 4.79 Å². The topological polar surface area (TPSA) is 17.1 Å². The van der Waals surface area contributed by atoms with Crippen LogP contribution in [0.1, 0.15) is 18.1 Å². The summed E-state index contributed by atoms with van der Waals surface area (Å²) in [5.41, 5.74) is 4.20. The van der Waals surface area contributed by atoms with Crippen molar-refractivity contribution < 1.29 is 4.79 Å². The molecule has 0 spiro atoms. The highest BCUT2D eigenvalue weighted by Gasteiger charge is 2.04. The maximum atomic E-state index is 10.6. The SMILES string of the molecule is CCc1cc([C]=O)ccc1-c1ccccc1. The number of aryl methyl sites for hydroxylation is 1. The molecule has 0 bridgehead atoms. The predicted octanol–water partition coefficient (Wildman–Crippen LogP) is 3.37. The van der Waals surface area contributed by atoms with Crippen LogP contribution in [0, 0.1) is 0 Å². The van der Waals surface area contributed by atoms with E-state index in [1.807, 2.05) is 42.7 Å². The normalized spacial score (nSPS) is 10.1. The van der Waals surface area contributed by atoms with Crippen molar-refractivity contribution >= 4 is 6.29 Å². The molecule has 2 rings (SSSR count). The minimum atomic E-state index is 0.622. The number of rotatable bonds is 3. The third kappa shape index (κ3) is 2.03. The zero-order chi connectivity index (χ0) is 11.4. The van der Waals surface area contributed by atoms with Crippen LogP contribution in [-0.2, 0) is 11.2 Å². The van der Waals surface area contributed by atoms with Gasteiger partial charge in [0.25, 0.3) is 0 Å². The summed E-state index contributed by atoms with van der Waals surface area (Å²) in [5.74, 6) is 0. The van der Waals surface area contributed by atoms with Gasteiger partial charge in [0.15, 0.2) is 0 Å². The van der Waals surface area contributed by atoms with Crippen molar-refractivity contribution in [2.75, 3.05) is 0 Å². The van der Waals surface area contributed by atoms with Gasteiger partial charge in [0, 0.05) is 5.56 Å². The molecular formula is C15H13O. The fourth-order valence-electron chi connectivity index (χ4n) is 1.85. The van der Waals surface area contributed by atoms with Crippen molar-refractivity contribution in [3.8, 4) is 11.1 Å². The van der Waals surface area contributed by atoms with E-state index in [0.29, 0.717) is 5.56 Å². The average Bonchev–Trinajstić information content (AvgIpc) is 2.39. The van der Waals surface area contributed by atoms with Gasteiger partial charge in [0.05, 0.1) is 0 Å². The van der Waals surface area contributed by atoms with E-state index in [1.165, 1.54) is 16.7 Å². The summed E-state index contributed by atoms with van der Waals surface area (Å²) in [4.78, 5) is 10.6. The first-order valence-electron chi connectivity index (χ1n) is 5.41. The van der Waals surface area contributed by atoms with E-state index in [0.717, 1.165) is 6.42 Å². The molecular weight excluding hydrogens is 196 g/mol. The Morgan fingerprint density at radius 3 is 2.44 bits per heavy atom. The minimum Gasteiger partial charge on any atom is -0.285 e. The summed E-state index contributed by atoms with van der Waals surface area (Å²) < 4.78 is 0. The van der Waals surface area contributed by atoms with Gasteiger partial charge >= 0.3 is 0 Å². The highest BCUT2D eigenvalue weighted by Crippen LogP contribution is 2.24. The molecule has 16 heavy (non-hydrogen) atoms. The van der Waals surface area contributed by atoms with Crippen LogP contribution in [0.25, 0.3) is 11.1 Å². The van der Waals surface area contributed by atoms with Gasteiger partial charge in [-0.15, -0.1) is 0 Å². The van der Waals surface area contributed by atoms with Gasteiger partial charge in [-0.1, -0.05) is 49.4 Å². The fourth-order valence-corrected chi connectivity index (χ4v) is 1.85. The lowest BCUT2D eigenvalue weighted by atomic mass is 9.96. The molecule has 0 heterocycles. The molecule has 0 aliphatic carbocycles. The maximum Gasteiger partial charge on any atom is 0.233 e. The third-order valence-corrected chi connectivity index (χ3v) is 2.69. The highest BCUT2D eigenvalue weighted by molar-refractivity contribution is 5.79. The molecule has 2 aromatic carbocycles. The smallest absolute Gasteiger partial charge is 0.233 e. The molecule has 0 aliphatic rings. The number of hydrogen-bond donors (Lipinski definition) is 0. The second-order valence-corrected chi connectivity index (χ2v) is 3.69. The highest BCUT2D eigenvalue weighted by atomic mass is 16.1. The van der Waals surface area contributed by atoms with Gasteiger partial charge in [0.2, 0.25) is 6.29 Å². The molecule has 2 aromatic rings. The van der Waals surface area contributed by atoms with Crippen LogP contribution in [0.15, 0.2) is 48.5 Å². The molecule has 0 saturated carbocycles. The van der Waals surface area contributed by atoms with E-state index >= 15 is 0 Å². The zero-order valence-corrected chi connectivity index (χ0v) is 9.23. The van der Waals surface area contributed by atoms with Crippen molar-refractivity contribution in [3.05, 3.63) is 59.7 Å². The predicted molar refractivity (Wildman–Crippen MR) is 66.1 cm³/mol. The summed E-state index contributed by atoms with van der Waals surface area (Å²) >= 11 is 0. The minimum absolute atomic E-state index is 0.622. The third-order valence-electron chi connectivity index (χ3n) is 2.69. The zero-order valence-electron chi connectivity index (χ0n) is 9.23. The van der Waals surface area contributed by atoms with Crippen LogP contribution >= 0.6 is 0 Å². The molecule has 0 fully saturated rings. The molecule has 0 aliphatic heterocycles. The maximum absolute atomic E-state index is 10.6. The molecule has 0 atom stereocenters. The van der Waals surface area contributed by atoms with Crippen molar-refractivity contribution in [1.29, 1.82) is 0 Å². The van der Waals surface area contributed by atoms with Gasteiger partial charge < -0.3 is 0 Å². The van der Waals surface area contributed by atoms with Gasteiger partial charge in [-0.25, -0.2) is 0 Å². The summed E-state index contributed by atoms with van der Waals surface area (Å²) in [6, 6.07) is 15.9. The summed E-state index contributed by atoms with van der Waals surface area (Å²) in [7, 11) is 0. The molecule has 1 radical (unpaired) electrons. The van der Waals surface area contributed by atoms with E-state index < -0.39 is 0 Å². The van der Waals surface area contributed by atoms with Gasteiger partial charge in [-0.2, -0.15) is 0 Å². The van der Waals surface area contributed by atoms with Crippen LogP contribution in [-0.4, -0.2) is 6.29 Å². The van der Waals surface area contributed by atoms with Crippen molar-refractivity contribution in [1.82, 2.24) is 0 Å². The Hall–Kier alpha value is -1.89. The Bertz CT molecular complexity index is 486. The van der Waals surface area contributed by atoms with Crippen molar-refractivity contribution in [2.24, 2.45) is 0 Å². The standard InChI is InChI=1S/C15H13O/c1-2-13-10-12(11-16)8-9-15(13)14-6-4-3-5-7-14/h3-10H,2H2,1H3. The first-order valence-corrected chi connectivity index (χ1v) is 5.41. The lowest BCUT2D eigenvalue weighted by Gasteiger charge is -2.08. The average molecular weight is 209 g/mol. The van der Waals surface area contributed by atoms with Crippen LogP contribution in [0.3, 0.4) is 0 Å². The first-order chi connectivity index (χ1) is 7.85. The Labute approximate surface area is 95.7 Å². The molecule has 0 aromatic heterocycles. The van der Waals surface area contributed by atoms with Crippen LogP contribution in [0.5, 0.6) is 0 Å². The molecule has 0 unspecified atom stereocenters. The summed E-state index contributed by atoms with van der Waals surface area (Å²) in [5, 5.41) is 0. The van der Waals surface area contributed by atoms with Crippen LogP contribution in [0.2, 0.25) is 0 Å². The molecule has 1 nitrogen and oxygen atoms in total. The first kappa shape index (κ1) is 10.6. The Morgan fingerprint density at radius 1 is 1.06 bits per heavy atom. The molecule has 0 saturated heterocycles. The van der Waals surface area contributed by atoms with Crippen molar-refractivity contribution in [3.63, 3.8) is 0 Å². The van der Waals surface area contributed by atoms with Gasteiger partial charge in [-0.05, 0) is 29.2 Å². The fraction of sp³-hybridized carbons (Fsp3) is 0.133. The monoisotopic (exact) mass is 209 g/mol. The van der Waals surface area contributed by atoms with Crippen LogP contribution < -0.4 is 0 Å². The lowest BCUT2D eigenvalue weighted by Crippen LogP contribution is -1.90. The molecule has 1 heteroatoms. The number of benzene rings is 2. The second-order valence-electron chi connectivity index (χ2n) is 3.69. The van der Waals surface area contributed by atoms with E-state index in [9.17, 15) is 4.79 Å². The van der Waals surface area contributed by atoms with Crippen molar-refractivity contribution in [2.45, 2.75) is 13.3 Å². The summed E-state index contributed by atoms with van der Waals surface area (Å²) in [6.07, 6.45) is 2.85. The molecule has 0 amide bonds. The lowest BCUT2D eigenvalue weighted by molar-refractivity contribution is 0.562. The Kier molecular flexibility index (Phi) is 3.16. The number of carbonyl (C=O) groups excluding carboxylic acids is 1. The number of hydrogen-bond acceptors (Lipinski definition) is 1. The Balaban J connectivity index is 2.53. The quantitative estimate of drug-likeness (QED) is 0.757. The van der Waals surface area contributed by atoms with Crippen LogP contribution in [0.4, 0.5) is 0 Å². The van der Waals surface area contributed by atoms with E-state index in [2.05, 4.69) is 19.1 Å². The second kappa shape index (κ2) is 4.75. The largest absolute Gasteiger partial charge is 0.285 e. The van der Waals surface area contributed by atoms with E-state index in [-0.39, 0.29) is 0 Å².